The fraction of sp³-hybridized carbons (Fsp3) is 0.0288. The van der Waals surface area contributed by atoms with Crippen LogP contribution in [0.15, 0.2) is 429 Å². The van der Waals surface area contributed by atoms with Gasteiger partial charge < -0.3 is 19.6 Å². The fourth-order valence-corrected chi connectivity index (χ4v) is 17.9. The summed E-state index contributed by atoms with van der Waals surface area (Å²) in [6, 6.07) is 148. The zero-order valence-corrected chi connectivity index (χ0v) is 65.8. The molecule has 4 heterocycles. The van der Waals surface area contributed by atoms with E-state index in [0.717, 1.165) is 129 Å². The van der Waals surface area contributed by atoms with Gasteiger partial charge in [-0.15, -0.1) is 11.3 Å². The van der Waals surface area contributed by atoms with Crippen molar-refractivity contribution >= 4 is 120 Å². The molecule has 16 aromatic carbocycles. The van der Waals surface area contributed by atoms with Crippen LogP contribution in [0.4, 0.5) is 56.9 Å². The summed E-state index contributed by atoms with van der Waals surface area (Å²) in [5.74, 6) is 1.01. The van der Waals surface area contributed by atoms with Crippen LogP contribution >= 0.6 is 34.8 Å². The smallest absolute Gasteiger partial charge is 0.136 e. The van der Waals surface area contributed by atoms with Crippen LogP contribution in [0.2, 0.25) is 0 Å². The predicted octanol–water partition coefficient (Wildman–Crippen LogP) is 28.9. The first-order chi connectivity index (χ1) is 57.5. The van der Waals surface area contributed by atoms with E-state index in [0.29, 0.717) is 0 Å². The van der Waals surface area contributed by atoms with Crippen molar-refractivity contribution in [3.05, 3.63) is 446 Å². The molecule has 3 aromatic heterocycles. The van der Waals surface area contributed by atoms with E-state index in [1.165, 1.54) is 67.3 Å². The number of para-hydroxylation sites is 6. The molecule has 0 saturated carbocycles. The highest BCUT2D eigenvalue weighted by Gasteiger charge is 2.44. The minimum absolute atomic E-state index is 0.00630. The van der Waals surface area contributed by atoms with Crippen molar-refractivity contribution in [3.63, 3.8) is 0 Å². The first kappa shape index (κ1) is 72.0. The molecule has 2 aliphatic rings. The Morgan fingerprint density at radius 1 is 0.250 bits per heavy atom. The molecule has 12 heteroatoms. The van der Waals surface area contributed by atoms with Gasteiger partial charge in [-0.05, 0) is 190 Å². The number of aliphatic imine (C=N–C) groups is 1. The van der Waals surface area contributed by atoms with E-state index in [4.69, 9.17) is 4.99 Å². The highest BCUT2D eigenvalue weighted by Crippen LogP contribution is 2.54. The third kappa shape index (κ3) is 14.5. The quantitative estimate of drug-likeness (QED) is 0.0947. The van der Waals surface area contributed by atoms with E-state index in [-0.39, 0.29) is 12.1 Å². The lowest BCUT2D eigenvalue weighted by molar-refractivity contribution is 0.604. The molecule has 0 fully saturated rings. The van der Waals surface area contributed by atoms with Crippen molar-refractivity contribution in [3.8, 4) is 66.1 Å². The highest BCUT2D eigenvalue weighted by atomic mass is 32.1. The Morgan fingerprint density at radius 3 is 0.957 bits per heavy atom. The first-order valence-electron chi connectivity index (χ1n) is 38.8. The summed E-state index contributed by atoms with van der Waals surface area (Å²) in [5, 5.41) is 2.10. The Morgan fingerprint density at radius 2 is 0.560 bits per heavy atom. The van der Waals surface area contributed by atoms with Crippen LogP contribution in [0.3, 0.4) is 0 Å². The average molecular weight is 1550 g/mol. The maximum atomic E-state index is 5.53. The van der Waals surface area contributed by atoms with E-state index < -0.39 is 0 Å². The second-order valence-corrected chi connectivity index (χ2v) is 30.6. The van der Waals surface area contributed by atoms with Crippen molar-refractivity contribution in [1.29, 1.82) is 0 Å². The molecule has 0 bridgehead atoms. The first-order valence-corrected chi connectivity index (χ1v) is 41.2. The number of nitrogens with zero attached hydrogens (tertiary/aromatic N) is 9. The summed E-state index contributed by atoms with van der Waals surface area (Å²) in [7, 11) is 0. The predicted molar refractivity (Wildman–Crippen MR) is 488 cm³/mol. The van der Waals surface area contributed by atoms with Crippen LogP contribution in [0.25, 0.3) is 88.1 Å². The molecule has 2 atom stereocenters. The standard InChI is InChI=1S/C46H35N3.C30H21N3S.C28H19N3S2/c1-32-20-28-39(29-21-32)49-45-43-19-11-9-17-41(43)40-16-8-10-18-42(40)44(45)47-46(49)35-24-22-33(23-25-35)34-26-30-38(31-27-34)48(36-12-4-2-5-13-36)37-14-6-3-7-15-37;1-4-10-22(11-5-1)27-20-21-28(30-29(27)31-34-32-30)23-16-18-26(19-17-23)33(24-12-6-2-7-13-24)25-14-8-3-9-15-25;1-3-8-21(9-4-1)31(22-10-5-2-6-11-22)23-15-13-20(14-16-23)24-17-18-25(26-12-7-19-32-26)28-27(24)29-33-30-28/h2-31,44-45H,1H3;1-21H;1-19H. The summed E-state index contributed by atoms with van der Waals surface area (Å²) in [5.41, 5.74) is 32.9. The van der Waals surface area contributed by atoms with E-state index in [2.05, 4.69) is 438 Å². The highest BCUT2D eigenvalue weighted by molar-refractivity contribution is 7.13. The molecule has 19 aromatic rings. The molecule has 9 nitrogen and oxygen atoms in total. The second kappa shape index (κ2) is 32.8. The molecular formula is C104H75N9S3. The van der Waals surface area contributed by atoms with Crippen LogP contribution in [-0.2, 0) is 0 Å². The van der Waals surface area contributed by atoms with Gasteiger partial charge in [-0.25, -0.2) is 0 Å². The number of hydrogen-bond donors (Lipinski definition) is 0. The van der Waals surface area contributed by atoms with E-state index in [1.807, 2.05) is 30.3 Å². The minimum atomic E-state index is 0.00630. The Bertz CT molecular complexity index is 6440. The van der Waals surface area contributed by atoms with Gasteiger partial charge in [0.05, 0.1) is 29.5 Å². The normalized spacial score (nSPS) is 13.1. The lowest BCUT2D eigenvalue weighted by Gasteiger charge is -2.36. The van der Waals surface area contributed by atoms with Gasteiger partial charge in [0.25, 0.3) is 0 Å². The number of benzene rings is 16. The van der Waals surface area contributed by atoms with Crippen molar-refractivity contribution in [2.45, 2.75) is 19.0 Å². The Hall–Kier alpha value is -14.3. The van der Waals surface area contributed by atoms with E-state index in [9.17, 15) is 0 Å². The summed E-state index contributed by atoms with van der Waals surface area (Å²) in [6.45, 7) is 2.14. The molecule has 116 heavy (non-hydrogen) atoms. The maximum absolute atomic E-state index is 5.53. The van der Waals surface area contributed by atoms with Crippen molar-refractivity contribution in [2.75, 3.05) is 19.6 Å². The summed E-state index contributed by atoms with van der Waals surface area (Å²) in [6.07, 6.45) is 0. The molecule has 0 spiro atoms. The second-order valence-electron chi connectivity index (χ2n) is 28.5. The van der Waals surface area contributed by atoms with E-state index in [1.54, 1.807) is 11.3 Å². The molecule has 0 N–H and O–H groups in total. The van der Waals surface area contributed by atoms with Gasteiger partial charge in [0.2, 0.25) is 0 Å². The Labute approximate surface area is 687 Å². The number of aromatic nitrogens is 4. The van der Waals surface area contributed by atoms with E-state index >= 15 is 0 Å². The van der Waals surface area contributed by atoms with Gasteiger partial charge in [0, 0.05) is 89.6 Å². The van der Waals surface area contributed by atoms with Crippen molar-refractivity contribution in [2.24, 2.45) is 4.99 Å². The van der Waals surface area contributed by atoms with Gasteiger partial charge in [-0.2, -0.15) is 17.5 Å². The molecule has 0 saturated heterocycles. The van der Waals surface area contributed by atoms with Crippen molar-refractivity contribution in [1.82, 2.24) is 17.5 Å². The Kier molecular flexibility index (Phi) is 20.4. The molecular weight excluding hydrogens is 1470 g/mol. The summed E-state index contributed by atoms with van der Waals surface area (Å²) in [4.78, 5) is 16.0. The van der Waals surface area contributed by atoms with Crippen LogP contribution in [0, 0.1) is 6.92 Å². The SMILES string of the molecule is Cc1ccc(N2C(c3ccc(-c4ccc(N(c5ccccc5)c5ccccc5)cc4)cc3)=NC3c4ccccc4-c4ccccc4C32)cc1.c1ccc(-c2ccc(-c3ccc(N(c4ccccc4)c4ccccc4)cc3)c3nsnc23)cc1.c1ccc(N(c2ccccc2)c2ccc(-c3ccc(-c4cccs4)c4nsnc34)cc2)cc1. The number of amidine groups is 1. The van der Waals surface area contributed by atoms with Gasteiger partial charge in [0.1, 0.15) is 33.9 Å². The van der Waals surface area contributed by atoms with Crippen LogP contribution in [-0.4, -0.2) is 23.3 Å². The van der Waals surface area contributed by atoms with Gasteiger partial charge in [-0.1, -0.05) is 297 Å². The summed E-state index contributed by atoms with van der Waals surface area (Å²) < 4.78 is 18.5. The zero-order valence-electron chi connectivity index (χ0n) is 63.3. The topological polar surface area (TPSA) is 76.9 Å². The molecule has 0 radical (unpaired) electrons. The van der Waals surface area contributed by atoms with Gasteiger partial charge in [-0.3, -0.25) is 4.99 Å². The third-order valence-corrected chi connectivity index (χ3v) is 23.5. The minimum Gasteiger partial charge on any atom is -0.316 e. The lowest BCUT2D eigenvalue weighted by Crippen LogP contribution is -2.33. The Balaban J connectivity index is 0.000000120. The van der Waals surface area contributed by atoms with Crippen molar-refractivity contribution < 1.29 is 0 Å². The average Bonchev–Trinajstić information content (AvgIpc) is 1.55. The number of thiophene rings is 1. The molecule has 2 unspecified atom stereocenters. The number of anilines is 10. The maximum Gasteiger partial charge on any atom is 0.136 e. The molecule has 1 aliphatic carbocycles. The van der Waals surface area contributed by atoms with Gasteiger partial charge in [0.15, 0.2) is 0 Å². The van der Waals surface area contributed by atoms with Gasteiger partial charge >= 0.3 is 0 Å². The molecule has 21 rings (SSSR count). The van der Waals surface area contributed by atoms with Crippen LogP contribution in [0.5, 0.6) is 0 Å². The lowest BCUT2D eigenvalue weighted by atomic mass is 9.79. The molecule has 554 valence electrons. The zero-order chi connectivity index (χ0) is 77.5. The third-order valence-electron chi connectivity index (χ3n) is 21.5. The fourth-order valence-electron chi connectivity index (χ4n) is 16.0. The number of rotatable bonds is 16. The summed E-state index contributed by atoms with van der Waals surface area (Å²) >= 11 is 4.27. The largest absolute Gasteiger partial charge is 0.316 e. The van der Waals surface area contributed by atoms with Crippen LogP contribution in [0.1, 0.15) is 34.3 Å². The number of hydrogen-bond acceptors (Lipinski definition) is 12. The monoisotopic (exact) mass is 1550 g/mol. The molecule has 0 amide bonds. The number of aryl methyl sites for hydroxylation is 1. The number of fused-ring (bicyclic) bond motifs is 8. The molecule has 1 aliphatic heterocycles. The van der Waals surface area contributed by atoms with Crippen LogP contribution < -0.4 is 19.6 Å².